The van der Waals surface area contributed by atoms with E-state index in [1.165, 1.54) is 5.56 Å². The molecule has 1 atom stereocenters. The third-order valence-corrected chi connectivity index (χ3v) is 4.24. The lowest BCUT2D eigenvalue weighted by atomic mass is 10.1. The zero-order chi connectivity index (χ0) is 18.2. The minimum absolute atomic E-state index is 0.0576. The van der Waals surface area contributed by atoms with Gasteiger partial charge < -0.3 is 10.1 Å². The van der Waals surface area contributed by atoms with Crippen molar-refractivity contribution in [3.63, 3.8) is 0 Å². The molecule has 0 unspecified atom stereocenters. The van der Waals surface area contributed by atoms with E-state index >= 15 is 0 Å². The second-order valence-corrected chi connectivity index (χ2v) is 6.80. The molecule has 0 saturated heterocycles. The Morgan fingerprint density at radius 1 is 1.12 bits per heavy atom. The second-order valence-electron chi connectivity index (χ2n) is 6.36. The van der Waals surface area contributed by atoms with Gasteiger partial charge in [0, 0.05) is 11.6 Å². The monoisotopic (exact) mass is 359 g/mol. The third kappa shape index (κ3) is 6.43. The highest BCUT2D eigenvalue weighted by Crippen LogP contribution is 2.18. The van der Waals surface area contributed by atoms with E-state index < -0.39 is 6.10 Å². The highest BCUT2D eigenvalue weighted by atomic mass is 35.5. The number of hydrogen-bond acceptors (Lipinski definition) is 2. The average Bonchev–Trinajstić information content (AvgIpc) is 2.57. The number of aryl methyl sites for hydroxylation is 3. The summed E-state index contributed by atoms with van der Waals surface area (Å²) in [6.07, 6.45) is 1.96. The summed E-state index contributed by atoms with van der Waals surface area (Å²) in [4.78, 5) is 12.4. The minimum Gasteiger partial charge on any atom is -0.481 e. The van der Waals surface area contributed by atoms with E-state index in [0.717, 1.165) is 34.7 Å². The average molecular weight is 360 g/mol. The van der Waals surface area contributed by atoms with E-state index in [1.807, 2.05) is 57.2 Å². The van der Waals surface area contributed by atoms with Crippen molar-refractivity contribution in [2.24, 2.45) is 0 Å². The van der Waals surface area contributed by atoms with Crippen LogP contribution in [0.4, 0.5) is 0 Å². The van der Waals surface area contributed by atoms with Gasteiger partial charge in [-0.15, -0.1) is 0 Å². The van der Waals surface area contributed by atoms with E-state index in [-0.39, 0.29) is 5.91 Å². The van der Waals surface area contributed by atoms with Crippen LogP contribution in [0.15, 0.2) is 42.5 Å². The van der Waals surface area contributed by atoms with Gasteiger partial charge in [0.05, 0.1) is 0 Å². The van der Waals surface area contributed by atoms with Gasteiger partial charge in [0.2, 0.25) is 0 Å². The van der Waals surface area contributed by atoms with Crippen LogP contribution in [0.5, 0.6) is 5.75 Å². The molecule has 1 N–H and O–H groups in total. The number of nitrogens with one attached hydrogen (secondary N) is 1. The molecular formula is C21H26ClNO2. The van der Waals surface area contributed by atoms with Crippen molar-refractivity contribution < 1.29 is 9.53 Å². The van der Waals surface area contributed by atoms with Crippen molar-refractivity contribution >= 4 is 17.5 Å². The molecule has 0 aliphatic heterocycles. The molecule has 0 spiro atoms. The summed E-state index contributed by atoms with van der Waals surface area (Å²) in [7, 11) is 0. The van der Waals surface area contributed by atoms with Gasteiger partial charge in [0.1, 0.15) is 5.75 Å². The summed E-state index contributed by atoms with van der Waals surface area (Å²) in [6, 6.07) is 13.8. The molecule has 0 fully saturated rings. The first-order valence-electron chi connectivity index (χ1n) is 8.75. The number of hydrogen-bond donors (Lipinski definition) is 1. The summed E-state index contributed by atoms with van der Waals surface area (Å²) >= 11 is 5.88. The van der Waals surface area contributed by atoms with Crippen LogP contribution in [-0.4, -0.2) is 18.6 Å². The molecule has 25 heavy (non-hydrogen) atoms. The van der Waals surface area contributed by atoms with Crippen LogP contribution in [0.3, 0.4) is 0 Å². The van der Waals surface area contributed by atoms with Crippen LogP contribution in [0.25, 0.3) is 0 Å². The lowest BCUT2D eigenvalue weighted by Gasteiger charge is -2.18. The maximum absolute atomic E-state index is 12.4. The van der Waals surface area contributed by atoms with Crippen LogP contribution >= 0.6 is 11.6 Å². The first kappa shape index (κ1) is 19.3. The molecule has 0 aromatic heterocycles. The zero-order valence-corrected chi connectivity index (χ0v) is 15.9. The fourth-order valence-corrected chi connectivity index (χ4v) is 2.88. The van der Waals surface area contributed by atoms with Crippen molar-refractivity contribution in [2.45, 2.75) is 46.1 Å². The lowest BCUT2D eigenvalue weighted by molar-refractivity contribution is -0.128. The van der Waals surface area contributed by atoms with Gasteiger partial charge in [-0.1, -0.05) is 36.7 Å². The quantitative estimate of drug-likeness (QED) is 0.683. The Kier molecular flexibility index (Phi) is 7.32. The van der Waals surface area contributed by atoms with Crippen molar-refractivity contribution in [3.05, 3.63) is 64.2 Å². The van der Waals surface area contributed by atoms with Crippen LogP contribution in [0, 0.1) is 13.8 Å². The van der Waals surface area contributed by atoms with Crippen molar-refractivity contribution in [2.75, 3.05) is 6.54 Å². The van der Waals surface area contributed by atoms with E-state index in [9.17, 15) is 4.79 Å². The molecule has 0 aliphatic carbocycles. The number of carbonyl (C=O) groups is 1. The molecule has 0 heterocycles. The topological polar surface area (TPSA) is 38.3 Å². The van der Waals surface area contributed by atoms with Gasteiger partial charge in [-0.2, -0.15) is 0 Å². The predicted octanol–water partition coefficient (Wildman–Crippen LogP) is 4.86. The Morgan fingerprint density at radius 3 is 2.36 bits per heavy atom. The lowest BCUT2D eigenvalue weighted by Crippen LogP contribution is -2.38. The number of rotatable bonds is 8. The third-order valence-electron chi connectivity index (χ3n) is 3.99. The van der Waals surface area contributed by atoms with Gasteiger partial charge in [-0.05, 0) is 74.1 Å². The maximum Gasteiger partial charge on any atom is 0.261 e. The summed E-state index contributed by atoms with van der Waals surface area (Å²) in [6.45, 7) is 6.64. The molecule has 134 valence electrons. The van der Waals surface area contributed by atoms with Gasteiger partial charge >= 0.3 is 0 Å². The molecule has 1 amide bonds. The molecule has 0 bridgehead atoms. The van der Waals surface area contributed by atoms with Crippen LogP contribution in [0.1, 0.15) is 36.5 Å². The number of amides is 1. The van der Waals surface area contributed by atoms with E-state index in [4.69, 9.17) is 16.3 Å². The smallest absolute Gasteiger partial charge is 0.261 e. The number of halogens is 1. The first-order valence-corrected chi connectivity index (χ1v) is 9.13. The minimum atomic E-state index is -0.461. The van der Waals surface area contributed by atoms with Crippen molar-refractivity contribution in [1.82, 2.24) is 5.32 Å². The molecular weight excluding hydrogens is 334 g/mol. The highest BCUT2D eigenvalue weighted by molar-refractivity contribution is 6.30. The maximum atomic E-state index is 12.4. The Labute approximate surface area is 155 Å². The predicted molar refractivity (Wildman–Crippen MR) is 103 cm³/mol. The van der Waals surface area contributed by atoms with Crippen molar-refractivity contribution in [3.8, 4) is 5.75 Å². The Balaban J connectivity index is 1.80. The molecule has 3 nitrogen and oxygen atoms in total. The van der Waals surface area contributed by atoms with Gasteiger partial charge in [-0.3, -0.25) is 4.79 Å². The van der Waals surface area contributed by atoms with E-state index in [2.05, 4.69) is 11.4 Å². The number of carbonyl (C=O) groups excluding carboxylic acids is 1. The van der Waals surface area contributed by atoms with Crippen LogP contribution in [-0.2, 0) is 11.2 Å². The standard InChI is InChI=1S/C21H26ClNO2/c1-4-20(25-19-13-15(2)12-16(3)14-19)21(24)23-11-5-6-17-7-9-18(22)10-8-17/h7-10,12-14,20H,4-6,11H2,1-3H3,(H,23,24)/t20-/m0/s1. The Hall–Kier alpha value is -2.00. The van der Waals surface area contributed by atoms with Crippen LogP contribution in [0.2, 0.25) is 5.02 Å². The van der Waals surface area contributed by atoms with Crippen molar-refractivity contribution in [1.29, 1.82) is 0 Å². The molecule has 2 rings (SSSR count). The summed E-state index contributed by atoms with van der Waals surface area (Å²) in [5.41, 5.74) is 3.48. The van der Waals surface area contributed by atoms with Gasteiger partial charge in [0.15, 0.2) is 6.10 Å². The van der Waals surface area contributed by atoms with Gasteiger partial charge in [0.25, 0.3) is 5.91 Å². The first-order chi connectivity index (χ1) is 12.0. The highest BCUT2D eigenvalue weighted by Gasteiger charge is 2.18. The molecule has 2 aromatic rings. The SMILES string of the molecule is CC[C@H](Oc1cc(C)cc(C)c1)C(=O)NCCCc1ccc(Cl)cc1. The number of benzene rings is 2. The van der Waals surface area contributed by atoms with E-state index in [1.54, 1.807) is 0 Å². The fourth-order valence-electron chi connectivity index (χ4n) is 2.76. The molecule has 0 aliphatic rings. The summed E-state index contributed by atoms with van der Waals surface area (Å²) in [5.74, 6) is 0.693. The van der Waals surface area contributed by atoms with E-state index in [0.29, 0.717) is 13.0 Å². The summed E-state index contributed by atoms with van der Waals surface area (Å²) in [5, 5.41) is 3.72. The summed E-state index contributed by atoms with van der Waals surface area (Å²) < 4.78 is 5.89. The number of ether oxygens (including phenoxy) is 1. The fraction of sp³-hybridized carbons (Fsp3) is 0.381. The molecule has 2 aromatic carbocycles. The normalized spacial score (nSPS) is 11.8. The molecule has 0 saturated carbocycles. The molecule has 0 radical (unpaired) electrons. The largest absolute Gasteiger partial charge is 0.481 e. The van der Waals surface area contributed by atoms with Crippen LogP contribution < -0.4 is 10.1 Å². The molecule has 4 heteroatoms. The Bertz CT molecular complexity index is 677. The zero-order valence-electron chi connectivity index (χ0n) is 15.1. The Morgan fingerprint density at radius 2 is 1.76 bits per heavy atom. The second kappa shape index (κ2) is 9.47. The van der Waals surface area contributed by atoms with Gasteiger partial charge in [-0.25, -0.2) is 0 Å².